The number of hydrazone groups is 1. The number of methoxy groups -OCH3 is 2. The fourth-order valence-electron chi connectivity index (χ4n) is 1.69. The molecule has 0 radical (unpaired) electrons. The molecule has 9 heteroatoms. The van der Waals surface area contributed by atoms with E-state index in [2.05, 4.69) is 15.8 Å². The molecule has 0 aliphatic heterocycles. The first kappa shape index (κ1) is 19.3. The quantitative estimate of drug-likeness (QED) is 0.576. The summed E-state index contributed by atoms with van der Waals surface area (Å²) in [6.07, 6.45) is -0.355. The minimum Gasteiger partial charge on any atom is -0.495 e. The van der Waals surface area contributed by atoms with Crippen LogP contribution in [0.25, 0.3) is 0 Å². The molecule has 0 bridgehead atoms. The molecule has 8 nitrogen and oxygen atoms in total. The summed E-state index contributed by atoms with van der Waals surface area (Å²) in [7, 11) is 2.91. The third kappa shape index (κ3) is 5.78. The number of anilines is 1. The topological polar surface area (TPSA) is 113 Å². The second-order valence-corrected chi connectivity index (χ2v) is 5.04. The maximum atomic E-state index is 12.1. The van der Waals surface area contributed by atoms with E-state index < -0.39 is 5.91 Å². The second-order valence-electron chi connectivity index (χ2n) is 4.63. The lowest BCUT2D eigenvalue weighted by Crippen LogP contribution is -2.21. The Labute approximate surface area is 144 Å². The monoisotopic (exact) mass is 352 g/mol. The Morgan fingerprint density at radius 2 is 1.92 bits per heavy atom. The zero-order valence-corrected chi connectivity index (χ0v) is 14.2. The van der Waals surface area contributed by atoms with Crippen molar-refractivity contribution < 1.29 is 19.1 Å². The molecular weight excluding hydrogens is 336 g/mol. The normalized spacial score (nSPS) is 10.5. The Morgan fingerprint density at radius 3 is 2.50 bits per heavy atom. The van der Waals surface area contributed by atoms with Gasteiger partial charge < -0.3 is 14.8 Å². The van der Waals surface area contributed by atoms with Gasteiger partial charge in [0.2, 0.25) is 5.91 Å². The minimum atomic E-state index is -0.540. The number of halogens is 1. The van der Waals surface area contributed by atoms with Gasteiger partial charge in [-0.15, -0.1) is 0 Å². The van der Waals surface area contributed by atoms with Crippen LogP contribution in [-0.2, 0) is 9.59 Å². The van der Waals surface area contributed by atoms with Crippen molar-refractivity contribution in [2.24, 2.45) is 5.10 Å². The van der Waals surface area contributed by atoms with Gasteiger partial charge in [0.05, 0.1) is 37.4 Å². The summed E-state index contributed by atoms with van der Waals surface area (Å²) in [5, 5.41) is 15.1. The van der Waals surface area contributed by atoms with Gasteiger partial charge in [-0.1, -0.05) is 11.6 Å². The maximum absolute atomic E-state index is 12.1. The first-order valence-corrected chi connectivity index (χ1v) is 7.19. The summed E-state index contributed by atoms with van der Waals surface area (Å²) in [5.74, 6) is -0.136. The molecule has 128 valence electrons. The van der Waals surface area contributed by atoms with Crippen molar-refractivity contribution in [1.29, 1.82) is 5.26 Å². The predicted molar refractivity (Wildman–Crippen MR) is 89.3 cm³/mol. The maximum Gasteiger partial charge on any atom is 0.254 e. The van der Waals surface area contributed by atoms with Crippen LogP contribution in [-0.4, -0.2) is 31.7 Å². The number of nitriles is 1. The van der Waals surface area contributed by atoms with E-state index in [0.717, 1.165) is 0 Å². The molecule has 2 N–H and O–H groups in total. The number of ether oxygens (including phenoxy) is 2. The van der Waals surface area contributed by atoms with Crippen molar-refractivity contribution in [2.75, 3.05) is 19.5 Å². The van der Waals surface area contributed by atoms with Crippen LogP contribution >= 0.6 is 11.6 Å². The van der Waals surface area contributed by atoms with Crippen LogP contribution in [0.3, 0.4) is 0 Å². The van der Waals surface area contributed by atoms with Crippen LogP contribution in [0.2, 0.25) is 5.02 Å². The summed E-state index contributed by atoms with van der Waals surface area (Å²) in [5.41, 5.74) is 2.95. The van der Waals surface area contributed by atoms with Crippen LogP contribution in [0.5, 0.6) is 11.5 Å². The highest BCUT2D eigenvalue weighted by Crippen LogP contribution is 2.35. The van der Waals surface area contributed by atoms with Crippen LogP contribution in [0.1, 0.15) is 19.8 Å². The standard InChI is InChI=1S/C15H17ClN4O4/c1-9(19-20-14(21)4-5-17)6-15(22)18-11-8-12(23-2)10(16)7-13(11)24-3/h7-8H,4,6H2,1-3H3,(H,18,22)(H,20,21)/b19-9+. The van der Waals surface area contributed by atoms with Gasteiger partial charge in [0.15, 0.2) is 0 Å². The van der Waals surface area contributed by atoms with Gasteiger partial charge in [-0.2, -0.15) is 10.4 Å². The Kier molecular flexibility index (Phi) is 7.52. The number of amides is 2. The van der Waals surface area contributed by atoms with E-state index in [9.17, 15) is 9.59 Å². The van der Waals surface area contributed by atoms with Gasteiger partial charge >= 0.3 is 0 Å². The van der Waals surface area contributed by atoms with E-state index in [0.29, 0.717) is 27.9 Å². The van der Waals surface area contributed by atoms with Crippen LogP contribution in [0, 0.1) is 11.3 Å². The Bertz CT molecular complexity index is 697. The largest absolute Gasteiger partial charge is 0.495 e. The lowest BCUT2D eigenvalue weighted by molar-refractivity contribution is -0.120. The molecule has 0 aliphatic carbocycles. The molecule has 0 spiro atoms. The average Bonchev–Trinajstić information content (AvgIpc) is 2.54. The Balaban J connectivity index is 2.76. The molecule has 0 heterocycles. The van der Waals surface area contributed by atoms with E-state index in [1.54, 1.807) is 19.1 Å². The highest BCUT2D eigenvalue weighted by atomic mass is 35.5. The van der Waals surface area contributed by atoms with E-state index in [1.807, 2.05) is 0 Å². The first-order valence-electron chi connectivity index (χ1n) is 6.81. The fourth-order valence-corrected chi connectivity index (χ4v) is 1.92. The highest BCUT2D eigenvalue weighted by Gasteiger charge is 2.13. The number of rotatable bonds is 7. The second kappa shape index (κ2) is 9.37. The molecule has 1 rings (SSSR count). The smallest absolute Gasteiger partial charge is 0.254 e. The molecule has 2 amide bonds. The number of benzene rings is 1. The number of nitrogens with zero attached hydrogens (tertiary/aromatic N) is 2. The van der Waals surface area contributed by atoms with Crippen molar-refractivity contribution >= 4 is 34.8 Å². The molecule has 0 saturated heterocycles. The molecule has 0 fully saturated rings. The van der Waals surface area contributed by atoms with Crippen LogP contribution in [0.15, 0.2) is 17.2 Å². The van der Waals surface area contributed by atoms with Crippen molar-refractivity contribution in [3.8, 4) is 17.6 Å². The highest BCUT2D eigenvalue weighted by molar-refractivity contribution is 6.32. The molecule has 0 atom stereocenters. The van der Waals surface area contributed by atoms with Gasteiger partial charge in [0, 0.05) is 17.8 Å². The summed E-state index contributed by atoms with van der Waals surface area (Å²) in [4.78, 5) is 23.2. The lowest BCUT2D eigenvalue weighted by atomic mass is 10.2. The van der Waals surface area contributed by atoms with E-state index in [4.69, 9.17) is 26.3 Å². The average molecular weight is 353 g/mol. The number of carbonyl (C=O) groups excluding carboxylic acids is 2. The molecule has 1 aromatic carbocycles. The first-order chi connectivity index (χ1) is 11.4. The van der Waals surface area contributed by atoms with Gasteiger partial charge in [-0.05, 0) is 6.92 Å². The van der Waals surface area contributed by atoms with E-state index in [-0.39, 0.29) is 18.7 Å². The molecule has 1 aromatic rings. The Hall–Kier alpha value is -2.79. The van der Waals surface area contributed by atoms with Crippen molar-refractivity contribution in [2.45, 2.75) is 19.8 Å². The van der Waals surface area contributed by atoms with Crippen molar-refractivity contribution in [1.82, 2.24) is 5.43 Å². The molecule has 0 aromatic heterocycles. The van der Waals surface area contributed by atoms with Crippen LogP contribution < -0.4 is 20.2 Å². The molecular formula is C15H17ClN4O4. The minimum absolute atomic E-state index is 0.0546. The summed E-state index contributed by atoms with van der Waals surface area (Å²) < 4.78 is 10.3. The third-order valence-corrected chi connectivity index (χ3v) is 3.07. The molecule has 24 heavy (non-hydrogen) atoms. The Morgan fingerprint density at radius 1 is 1.25 bits per heavy atom. The lowest BCUT2D eigenvalue weighted by Gasteiger charge is -2.13. The SMILES string of the molecule is COc1cc(NC(=O)C/C(C)=N/NC(=O)CC#N)c(OC)cc1Cl. The van der Waals surface area contributed by atoms with Gasteiger partial charge in [0.25, 0.3) is 5.91 Å². The predicted octanol–water partition coefficient (Wildman–Crippen LogP) is 2.09. The fraction of sp³-hybridized carbons (Fsp3) is 0.333. The summed E-state index contributed by atoms with van der Waals surface area (Å²) >= 11 is 6.00. The van der Waals surface area contributed by atoms with Crippen molar-refractivity contribution in [3.63, 3.8) is 0 Å². The van der Waals surface area contributed by atoms with E-state index in [1.165, 1.54) is 20.3 Å². The number of hydrogen-bond donors (Lipinski definition) is 2. The number of carbonyl (C=O) groups is 2. The summed E-state index contributed by atoms with van der Waals surface area (Å²) in [6.45, 7) is 1.58. The molecule has 0 saturated carbocycles. The number of hydrogen-bond acceptors (Lipinski definition) is 6. The van der Waals surface area contributed by atoms with Gasteiger partial charge in [-0.25, -0.2) is 5.43 Å². The molecule has 0 unspecified atom stereocenters. The third-order valence-electron chi connectivity index (χ3n) is 2.78. The molecule has 0 aliphatic rings. The van der Waals surface area contributed by atoms with Gasteiger partial charge in [0.1, 0.15) is 17.9 Å². The van der Waals surface area contributed by atoms with Crippen LogP contribution in [0.4, 0.5) is 5.69 Å². The zero-order valence-electron chi connectivity index (χ0n) is 13.5. The number of nitrogens with one attached hydrogen (secondary N) is 2. The van der Waals surface area contributed by atoms with Gasteiger partial charge in [-0.3, -0.25) is 9.59 Å². The zero-order chi connectivity index (χ0) is 18.1. The summed E-state index contributed by atoms with van der Waals surface area (Å²) in [6, 6.07) is 4.76. The van der Waals surface area contributed by atoms with E-state index >= 15 is 0 Å². The van der Waals surface area contributed by atoms with Crippen molar-refractivity contribution in [3.05, 3.63) is 17.2 Å².